The van der Waals surface area contributed by atoms with Gasteiger partial charge >= 0.3 is 0 Å². The Balaban J connectivity index is 1.88. The molecule has 0 radical (unpaired) electrons. The van der Waals surface area contributed by atoms with Crippen molar-refractivity contribution >= 4 is 6.08 Å². The lowest BCUT2D eigenvalue weighted by Crippen LogP contribution is -2.22. The van der Waals surface area contributed by atoms with Crippen molar-refractivity contribution in [2.45, 2.75) is 13.5 Å². The molecule has 0 aliphatic carbocycles. The molecule has 0 amide bonds. The van der Waals surface area contributed by atoms with Crippen molar-refractivity contribution < 1.29 is 0 Å². The van der Waals surface area contributed by atoms with Crippen LogP contribution in [0.3, 0.4) is 0 Å². The Labute approximate surface area is 115 Å². The molecule has 0 bridgehead atoms. The molecular weight excluding hydrogens is 232 g/mol. The lowest BCUT2D eigenvalue weighted by atomic mass is 10.2. The minimum atomic E-state index is 0.959. The van der Waals surface area contributed by atoms with Crippen molar-refractivity contribution in [1.82, 2.24) is 9.88 Å². The summed E-state index contributed by atoms with van der Waals surface area (Å²) in [5.41, 5.74) is 2.51. The van der Waals surface area contributed by atoms with Crippen LogP contribution in [0.2, 0.25) is 0 Å². The summed E-state index contributed by atoms with van der Waals surface area (Å²) >= 11 is 0. The van der Waals surface area contributed by atoms with E-state index in [-0.39, 0.29) is 0 Å². The maximum Gasteiger partial charge on any atom is 0.0340 e. The Morgan fingerprint density at radius 2 is 1.95 bits per heavy atom. The minimum absolute atomic E-state index is 0.959. The summed E-state index contributed by atoms with van der Waals surface area (Å²) in [7, 11) is 0. The van der Waals surface area contributed by atoms with E-state index in [4.69, 9.17) is 0 Å². The van der Waals surface area contributed by atoms with Gasteiger partial charge in [-0.05, 0) is 23.7 Å². The summed E-state index contributed by atoms with van der Waals surface area (Å²) in [6.07, 6.45) is 8.00. The molecule has 0 atom stereocenters. The number of aromatic nitrogens is 1. The fourth-order valence-corrected chi connectivity index (χ4v) is 1.96. The van der Waals surface area contributed by atoms with Gasteiger partial charge in [0.1, 0.15) is 0 Å². The van der Waals surface area contributed by atoms with E-state index in [1.54, 1.807) is 6.20 Å². The fourth-order valence-electron chi connectivity index (χ4n) is 1.96. The number of hydrogen-bond acceptors (Lipinski definition) is 2. The van der Waals surface area contributed by atoms with E-state index < -0.39 is 0 Å². The van der Waals surface area contributed by atoms with Crippen molar-refractivity contribution in [2.75, 3.05) is 13.1 Å². The van der Waals surface area contributed by atoms with Gasteiger partial charge < -0.3 is 0 Å². The van der Waals surface area contributed by atoms with Gasteiger partial charge in [0.25, 0.3) is 0 Å². The molecular formula is C17H20N2. The van der Waals surface area contributed by atoms with Gasteiger partial charge in [-0.25, -0.2) is 0 Å². The second-order valence-electron chi connectivity index (χ2n) is 4.50. The van der Waals surface area contributed by atoms with Crippen molar-refractivity contribution in [1.29, 1.82) is 0 Å². The van der Waals surface area contributed by atoms with E-state index in [2.05, 4.69) is 65.4 Å². The first-order valence-corrected chi connectivity index (χ1v) is 6.71. The zero-order chi connectivity index (χ0) is 13.3. The third-order valence-electron chi connectivity index (χ3n) is 3.05. The molecule has 98 valence electrons. The zero-order valence-electron chi connectivity index (χ0n) is 11.4. The summed E-state index contributed by atoms with van der Waals surface area (Å²) in [6.45, 7) is 5.20. The van der Waals surface area contributed by atoms with Crippen LogP contribution in [0.4, 0.5) is 0 Å². The molecule has 0 fully saturated rings. The smallest absolute Gasteiger partial charge is 0.0340 e. The van der Waals surface area contributed by atoms with Gasteiger partial charge in [0, 0.05) is 25.5 Å². The lowest BCUT2D eigenvalue weighted by Gasteiger charge is -2.18. The first kappa shape index (κ1) is 13.5. The predicted octanol–water partition coefficient (Wildman–Crippen LogP) is 3.62. The molecule has 2 heteroatoms. The molecule has 0 saturated heterocycles. The van der Waals surface area contributed by atoms with E-state index in [0.717, 1.165) is 25.2 Å². The van der Waals surface area contributed by atoms with Gasteiger partial charge in [-0.15, -0.1) is 0 Å². The molecule has 1 aromatic carbocycles. The summed E-state index contributed by atoms with van der Waals surface area (Å²) in [6, 6.07) is 14.6. The number of hydrogen-bond donors (Lipinski definition) is 0. The molecule has 2 rings (SSSR count). The van der Waals surface area contributed by atoms with Crippen LogP contribution in [-0.4, -0.2) is 23.0 Å². The molecule has 0 unspecified atom stereocenters. The number of pyridine rings is 1. The Bertz CT molecular complexity index is 491. The van der Waals surface area contributed by atoms with E-state index in [1.165, 1.54) is 5.56 Å². The summed E-state index contributed by atoms with van der Waals surface area (Å²) in [4.78, 5) is 6.51. The maximum absolute atomic E-state index is 4.11. The lowest BCUT2D eigenvalue weighted by molar-refractivity contribution is 0.311. The zero-order valence-corrected chi connectivity index (χ0v) is 11.4. The van der Waals surface area contributed by atoms with Gasteiger partial charge in [-0.2, -0.15) is 0 Å². The Hall–Kier alpha value is -1.93. The fraction of sp³-hybridized carbons (Fsp3) is 0.235. The van der Waals surface area contributed by atoms with Crippen LogP contribution < -0.4 is 0 Å². The quantitative estimate of drug-likeness (QED) is 0.780. The van der Waals surface area contributed by atoms with Gasteiger partial charge in [0.15, 0.2) is 0 Å². The SMILES string of the molecule is CCN(C/C=C/c1cccnc1)Cc1ccccc1. The summed E-state index contributed by atoms with van der Waals surface area (Å²) in [5, 5.41) is 0. The molecule has 0 aliphatic rings. The second-order valence-corrected chi connectivity index (χ2v) is 4.50. The van der Waals surface area contributed by atoms with Crippen LogP contribution in [0, 0.1) is 0 Å². The second kappa shape index (κ2) is 7.49. The predicted molar refractivity (Wildman–Crippen MR) is 80.7 cm³/mol. The third-order valence-corrected chi connectivity index (χ3v) is 3.05. The number of benzene rings is 1. The highest BCUT2D eigenvalue weighted by atomic mass is 15.1. The largest absolute Gasteiger partial charge is 0.296 e. The standard InChI is InChI=1S/C17H20N2/c1-2-19(15-17-8-4-3-5-9-17)13-7-11-16-10-6-12-18-14-16/h3-12,14H,2,13,15H2,1H3/b11-7+. The Morgan fingerprint density at radius 1 is 1.11 bits per heavy atom. The van der Waals surface area contributed by atoms with E-state index >= 15 is 0 Å². The number of rotatable bonds is 6. The summed E-state index contributed by atoms with van der Waals surface area (Å²) < 4.78 is 0. The molecule has 0 spiro atoms. The van der Waals surface area contributed by atoms with Crippen LogP contribution in [0.25, 0.3) is 6.08 Å². The van der Waals surface area contributed by atoms with E-state index in [1.807, 2.05) is 12.3 Å². The molecule has 19 heavy (non-hydrogen) atoms. The average molecular weight is 252 g/mol. The van der Waals surface area contributed by atoms with Crippen LogP contribution in [0.5, 0.6) is 0 Å². The Morgan fingerprint density at radius 3 is 2.63 bits per heavy atom. The highest BCUT2D eigenvalue weighted by Gasteiger charge is 2.00. The average Bonchev–Trinajstić information content (AvgIpc) is 2.48. The van der Waals surface area contributed by atoms with Gasteiger partial charge in [-0.1, -0.05) is 55.5 Å². The molecule has 1 heterocycles. The maximum atomic E-state index is 4.11. The normalized spacial score (nSPS) is 11.3. The van der Waals surface area contributed by atoms with Crippen LogP contribution in [0.15, 0.2) is 60.9 Å². The molecule has 2 aromatic rings. The third kappa shape index (κ3) is 4.68. The summed E-state index contributed by atoms with van der Waals surface area (Å²) in [5.74, 6) is 0. The van der Waals surface area contributed by atoms with E-state index in [0.29, 0.717) is 0 Å². The first-order valence-electron chi connectivity index (χ1n) is 6.71. The van der Waals surface area contributed by atoms with Gasteiger partial charge in [0.2, 0.25) is 0 Å². The van der Waals surface area contributed by atoms with Gasteiger partial charge in [0.05, 0.1) is 0 Å². The minimum Gasteiger partial charge on any atom is -0.296 e. The van der Waals surface area contributed by atoms with Crippen LogP contribution in [0.1, 0.15) is 18.1 Å². The first-order chi connectivity index (χ1) is 9.38. The molecule has 0 N–H and O–H groups in total. The molecule has 1 aromatic heterocycles. The monoisotopic (exact) mass is 252 g/mol. The van der Waals surface area contributed by atoms with Crippen molar-refractivity contribution in [3.05, 3.63) is 72.1 Å². The molecule has 0 aliphatic heterocycles. The van der Waals surface area contributed by atoms with Crippen molar-refractivity contribution in [2.24, 2.45) is 0 Å². The van der Waals surface area contributed by atoms with E-state index in [9.17, 15) is 0 Å². The van der Waals surface area contributed by atoms with Gasteiger partial charge in [-0.3, -0.25) is 9.88 Å². The molecule has 0 saturated carbocycles. The van der Waals surface area contributed by atoms with Crippen LogP contribution in [-0.2, 0) is 6.54 Å². The highest BCUT2D eigenvalue weighted by Crippen LogP contribution is 2.05. The molecule has 2 nitrogen and oxygen atoms in total. The number of likely N-dealkylation sites (N-methyl/N-ethyl adjacent to an activating group) is 1. The highest BCUT2D eigenvalue weighted by molar-refractivity contribution is 5.47. The van der Waals surface area contributed by atoms with Crippen LogP contribution >= 0.6 is 0 Å². The topological polar surface area (TPSA) is 16.1 Å². The van der Waals surface area contributed by atoms with Crippen molar-refractivity contribution in [3.63, 3.8) is 0 Å². The Kier molecular flexibility index (Phi) is 5.32. The van der Waals surface area contributed by atoms with Crippen molar-refractivity contribution in [3.8, 4) is 0 Å². The number of nitrogens with zero attached hydrogens (tertiary/aromatic N) is 2.